The van der Waals surface area contributed by atoms with Crippen LogP contribution in [0.5, 0.6) is 0 Å². The third kappa shape index (κ3) is 7.95. The molecule has 2 rings (SSSR count). The molecule has 0 aromatic carbocycles. The van der Waals surface area contributed by atoms with Crippen molar-refractivity contribution in [3.63, 3.8) is 0 Å². The Morgan fingerprint density at radius 2 is 1.69 bits per heavy atom. The van der Waals surface area contributed by atoms with Gasteiger partial charge in [-0.05, 0) is 109 Å². The average Bonchev–Trinajstić information content (AvgIpc) is 2.76. The molecular formula is C28H50O4. The summed E-state index contributed by atoms with van der Waals surface area (Å²) >= 11 is 0. The number of ketones is 1. The lowest BCUT2D eigenvalue weighted by Crippen LogP contribution is -2.39. The van der Waals surface area contributed by atoms with E-state index in [2.05, 4.69) is 6.92 Å². The second-order valence-electron chi connectivity index (χ2n) is 11.9. The monoisotopic (exact) mass is 450 g/mol. The molecule has 5 atom stereocenters. The lowest BCUT2D eigenvalue weighted by Gasteiger charge is -2.39. The molecule has 0 amide bonds. The molecule has 2 N–H and O–H groups in total. The third-order valence-electron chi connectivity index (χ3n) is 8.41. The van der Waals surface area contributed by atoms with E-state index in [4.69, 9.17) is 4.74 Å². The maximum Gasteiger partial charge on any atom is 0.158 e. The van der Waals surface area contributed by atoms with E-state index in [1.54, 1.807) is 7.11 Å². The Balaban J connectivity index is 2.23. The molecule has 0 aromatic rings. The second kappa shape index (κ2) is 11.6. The number of methoxy groups -OCH3 is 1. The normalized spacial score (nSPS) is 33.2. The number of aliphatic hydroxyl groups is 2. The molecule has 0 bridgehead atoms. The van der Waals surface area contributed by atoms with Crippen molar-refractivity contribution < 1.29 is 19.7 Å². The van der Waals surface area contributed by atoms with Crippen LogP contribution in [-0.4, -0.2) is 39.9 Å². The molecule has 2 aliphatic carbocycles. The smallest absolute Gasteiger partial charge is 0.158 e. The Bertz CT molecular complexity index is 630. The molecule has 186 valence electrons. The summed E-state index contributed by atoms with van der Waals surface area (Å²) in [5, 5.41) is 21.7. The Morgan fingerprint density at radius 1 is 1.03 bits per heavy atom. The van der Waals surface area contributed by atoms with Crippen LogP contribution in [0.1, 0.15) is 118 Å². The summed E-state index contributed by atoms with van der Waals surface area (Å²) in [4.78, 5) is 12.9. The van der Waals surface area contributed by atoms with Crippen molar-refractivity contribution in [1.82, 2.24) is 0 Å². The first-order valence-electron chi connectivity index (χ1n) is 13.1. The number of carbonyl (C=O) groups excluding carboxylic acids is 1. The van der Waals surface area contributed by atoms with Crippen LogP contribution >= 0.6 is 0 Å². The fourth-order valence-corrected chi connectivity index (χ4v) is 5.93. The Labute approximate surface area is 197 Å². The summed E-state index contributed by atoms with van der Waals surface area (Å²) in [5.41, 5.74) is -0.892. The molecule has 32 heavy (non-hydrogen) atoms. The van der Waals surface area contributed by atoms with Crippen molar-refractivity contribution in [3.8, 4) is 0 Å². The highest BCUT2D eigenvalue weighted by Gasteiger charge is 2.39. The Kier molecular flexibility index (Phi) is 10.00. The molecule has 5 unspecified atom stereocenters. The summed E-state index contributed by atoms with van der Waals surface area (Å²) < 4.78 is 6.09. The van der Waals surface area contributed by atoms with E-state index < -0.39 is 11.2 Å². The summed E-state index contributed by atoms with van der Waals surface area (Å²) in [6.45, 7) is 9.89. The van der Waals surface area contributed by atoms with Gasteiger partial charge in [0.2, 0.25) is 0 Å². The fourth-order valence-electron chi connectivity index (χ4n) is 5.93. The number of fused-ring (bicyclic) bond motifs is 1. The number of ether oxygens (including phenoxy) is 1. The van der Waals surface area contributed by atoms with Crippen molar-refractivity contribution in [2.45, 2.75) is 135 Å². The number of rotatable bonds is 6. The molecule has 0 spiro atoms. The highest BCUT2D eigenvalue weighted by atomic mass is 16.5. The van der Waals surface area contributed by atoms with Crippen LogP contribution in [0.4, 0.5) is 0 Å². The Morgan fingerprint density at radius 3 is 2.34 bits per heavy atom. The van der Waals surface area contributed by atoms with Gasteiger partial charge < -0.3 is 14.9 Å². The van der Waals surface area contributed by atoms with E-state index in [0.29, 0.717) is 18.3 Å². The van der Waals surface area contributed by atoms with Gasteiger partial charge in [0.25, 0.3) is 0 Å². The quantitative estimate of drug-likeness (QED) is 0.493. The lowest BCUT2D eigenvalue weighted by atomic mass is 9.75. The standard InChI is InChI=1S/C28H50O4/c1-21-12-8-7-9-13-22-14-10-15-23(16-19-27(4,31)24(22)20-25(21)29)28(5,32-6)18-11-17-26(2,3)30/h20-23,30-31H,7-19H2,1-6H3. The van der Waals surface area contributed by atoms with E-state index in [-0.39, 0.29) is 17.3 Å². The molecular weight excluding hydrogens is 400 g/mol. The molecule has 0 radical (unpaired) electrons. The summed E-state index contributed by atoms with van der Waals surface area (Å²) in [7, 11) is 1.80. The van der Waals surface area contributed by atoms with Crippen molar-refractivity contribution >= 4 is 5.78 Å². The topological polar surface area (TPSA) is 66.8 Å². The van der Waals surface area contributed by atoms with Gasteiger partial charge >= 0.3 is 0 Å². The number of hydrogen-bond acceptors (Lipinski definition) is 4. The maximum atomic E-state index is 12.9. The summed E-state index contributed by atoms with van der Waals surface area (Å²) in [6.07, 6.45) is 14.7. The van der Waals surface area contributed by atoms with Crippen LogP contribution in [0.3, 0.4) is 0 Å². The third-order valence-corrected chi connectivity index (χ3v) is 8.41. The molecule has 0 saturated heterocycles. The van der Waals surface area contributed by atoms with Crippen molar-refractivity contribution in [2.75, 3.05) is 7.11 Å². The van der Waals surface area contributed by atoms with Gasteiger partial charge in [-0.15, -0.1) is 0 Å². The lowest BCUT2D eigenvalue weighted by molar-refractivity contribution is -0.118. The first-order valence-corrected chi connectivity index (χ1v) is 13.1. The molecule has 4 nitrogen and oxygen atoms in total. The molecule has 2 aliphatic rings. The van der Waals surface area contributed by atoms with Crippen LogP contribution in [0.2, 0.25) is 0 Å². The molecule has 0 aromatic heterocycles. The first-order chi connectivity index (χ1) is 14.9. The van der Waals surface area contributed by atoms with Gasteiger partial charge in [-0.3, -0.25) is 4.79 Å². The van der Waals surface area contributed by atoms with Gasteiger partial charge in [0.15, 0.2) is 5.78 Å². The van der Waals surface area contributed by atoms with Gasteiger partial charge in [0.05, 0.1) is 16.8 Å². The predicted octanol–water partition coefficient (Wildman–Crippen LogP) is 6.38. The van der Waals surface area contributed by atoms with E-state index >= 15 is 0 Å². The van der Waals surface area contributed by atoms with Crippen molar-refractivity contribution in [3.05, 3.63) is 11.6 Å². The number of hydrogen-bond donors (Lipinski definition) is 2. The van der Waals surface area contributed by atoms with Gasteiger partial charge in [0.1, 0.15) is 0 Å². The van der Waals surface area contributed by atoms with E-state index in [1.807, 2.05) is 33.8 Å². The van der Waals surface area contributed by atoms with Gasteiger partial charge in [-0.2, -0.15) is 0 Å². The summed E-state index contributed by atoms with van der Waals surface area (Å²) in [5.74, 6) is 0.884. The molecule has 1 fully saturated rings. The fraction of sp³-hybridized carbons (Fsp3) is 0.893. The minimum atomic E-state index is -0.955. The number of carbonyl (C=O) groups is 1. The van der Waals surface area contributed by atoms with E-state index in [0.717, 1.165) is 69.8 Å². The summed E-state index contributed by atoms with van der Waals surface area (Å²) in [6, 6.07) is 0. The van der Waals surface area contributed by atoms with Crippen LogP contribution in [0.25, 0.3) is 0 Å². The van der Waals surface area contributed by atoms with Gasteiger partial charge in [0, 0.05) is 13.0 Å². The highest BCUT2D eigenvalue weighted by molar-refractivity contribution is 5.92. The van der Waals surface area contributed by atoms with Crippen LogP contribution in [0, 0.1) is 17.8 Å². The zero-order valence-corrected chi connectivity index (χ0v) is 21.7. The predicted molar refractivity (Wildman–Crippen MR) is 132 cm³/mol. The zero-order valence-electron chi connectivity index (χ0n) is 21.7. The van der Waals surface area contributed by atoms with E-state index in [9.17, 15) is 15.0 Å². The van der Waals surface area contributed by atoms with Crippen LogP contribution < -0.4 is 0 Å². The Hall–Kier alpha value is -0.710. The molecule has 1 saturated carbocycles. The van der Waals surface area contributed by atoms with Crippen LogP contribution in [-0.2, 0) is 9.53 Å². The maximum absolute atomic E-state index is 12.9. The largest absolute Gasteiger partial charge is 0.390 e. The second-order valence-corrected chi connectivity index (χ2v) is 11.9. The van der Waals surface area contributed by atoms with E-state index in [1.165, 1.54) is 12.8 Å². The minimum Gasteiger partial charge on any atom is -0.390 e. The van der Waals surface area contributed by atoms with Crippen molar-refractivity contribution in [2.24, 2.45) is 17.8 Å². The minimum absolute atomic E-state index is 0.0463. The molecule has 4 heteroatoms. The SMILES string of the molecule is COC(C)(CCCC(C)(C)O)C1CCCC2CCCCCC(C)C(=O)C=C2C(C)(O)CC1. The van der Waals surface area contributed by atoms with Crippen LogP contribution in [0.15, 0.2) is 11.6 Å². The highest BCUT2D eigenvalue weighted by Crippen LogP contribution is 2.43. The van der Waals surface area contributed by atoms with Gasteiger partial charge in [-0.25, -0.2) is 0 Å². The number of allylic oxidation sites excluding steroid dienone is 1. The molecule has 0 aliphatic heterocycles. The molecule has 0 heterocycles. The first kappa shape index (κ1) is 27.5. The average molecular weight is 451 g/mol. The zero-order chi connectivity index (χ0) is 24.0. The van der Waals surface area contributed by atoms with Gasteiger partial charge in [-0.1, -0.05) is 32.6 Å². The van der Waals surface area contributed by atoms with Crippen molar-refractivity contribution in [1.29, 1.82) is 0 Å².